The van der Waals surface area contributed by atoms with Gasteiger partial charge in [0, 0.05) is 26.7 Å². The average Bonchev–Trinajstić information content (AvgIpc) is 2.89. The number of rotatable bonds is 6. The lowest BCUT2D eigenvalue weighted by molar-refractivity contribution is 0.0799. The van der Waals surface area contributed by atoms with Crippen molar-refractivity contribution < 1.29 is 9.53 Å². The average molecular weight is 310 g/mol. The Morgan fingerprint density at radius 3 is 2.95 bits per heavy atom. The number of anilines is 2. The number of hydrogen-bond acceptors (Lipinski definition) is 6. The number of nitrogens with zero attached hydrogens (tertiary/aromatic N) is 3. The van der Waals surface area contributed by atoms with Crippen molar-refractivity contribution in [2.75, 3.05) is 50.5 Å². The first-order chi connectivity index (χ1) is 10.1. The van der Waals surface area contributed by atoms with Gasteiger partial charge in [-0.05, 0) is 12.8 Å². The molecule has 2 N–H and O–H groups in total. The van der Waals surface area contributed by atoms with Gasteiger partial charge in [-0.25, -0.2) is 4.98 Å². The van der Waals surface area contributed by atoms with Crippen LogP contribution in [0.1, 0.15) is 22.5 Å². The first-order valence-electron chi connectivity index (χ1n) is 7.09. The van der Waals surface area contributed by atoms with Crippen LogP contribution in [0.3, 0.4) is 0 Å². The maximum absolute atomic E-state index is 12.4. The van der Waals surface area contributed by atoms with E-state index in [0.717, 1.165) is 31.1 Å². The molecular weight excluding hydrogens is 288 g/mol. The van der Waals surface area contributed by atoms with Gasteiger partial charge in [-0.3, -0.25) is 4.79 Å². The van der Waals surface area contributed by atoms with Crippen molar-refractivity contribution >= 4 is 28.2 Å². The van der Waals surface area contributed by atoms with E-state index in [2.05, 4.69) is 16.5 Å². The summed E-state index contributed by atoms with van der Waals surface area (Å²) in [6, 6.07) is 0. The highest BCUT2D eigenvalue weighted by Gasteiger charge is 2.22. The molecule has 1 amide bonds. The number of carbonyl (C=O) groups is 1. The Balaban J connectivity index is 2.03. The quantitative estimate of drug-likeness (QED) is 0.638. The number of morpholine rings is 1. The molecule has 0 radical (unpaired) electrons. The summed E-state index contributed by atoms with van der Waals surface area (Å²) < 4.78 is 5.32. The van der Waals surface area contributed by atoms with Gasteiger partial charge in [-0.1, -0.05) is 17.4 Å². The maximum Gasteiger partial charge on any atom is 0.267 e. The third-order valence-electron chi connectivity index (χ3n) is 3.37. The summed E-state index contributed by atoms with van der Waals surface area (Å²) in [6.07, 6.45) is 3.66. The van der Waals surface area contributed by atoms with Crippen LogP contribution < -0.4 is 10.6 Å². The Bertz CT molecular complexity index is 497. The topological polar surface area (TPSA) is 71.7 Å². The zero-order chi connectivity index (χ0) is 15.2. The largest absolute Gasteiger partial charge is 0.382 e. The number of nitrogen functional groups attached to an aromatic ring is 1. The Morgan fingerprint density at radius 1 is 1.57 bits per heavy atom. The second-order valence-electron chi connectivity index (χ2n) is 4.97. The van der Waals surface area contributed by atoms with Gasteiger partial charge >= 0.3 is 0 Å². The molecule has 1 aromatic rings. The second kappa shape index (κ2) is 7.42. The standard InChI is InChI=1S/C14H22N4O2S/c1-3-4-5-6-17(2)13(19)11-12(15)16-14(21-11)18-7-9-20-10-8-18/h3H,1,4-10,15H2,2H3. The molecule has 0 unspecified atom stereocenters. The number of unbranched alkanes of at least 4 members (excludes halogenated alkanes) is 1. The Hall–Kier alpha value is -1.60. The zero-order valence-corrected chi connectivity index (χ0v) is 13.2. The summed E-state index contributed by atoms with van der Waals surface area (Å²) in [5, 5.41) is 0.804. The minimum Gasteiger partial charge on any atom is -0.382 e. The molecular formula is C14H22N4O2S. The highest BCUT2D eigenvalue weighted by molar-refractivity contribution is 7.18. The monoisotopic (exact) mass is 310 g/mol. The van der Waals surface area contributed by atoms with E-state index in [1.807, 2.05) is 6.08 Å². The van der Waals surface area contributed by atoms with Crippen LogP contribution >= 0.6 is 11.3 Å². The number of ether oxygens (including phenoxy) is 1. The van der Waals surface area contributed by atoms with E-state index in [9.17, 15) is 4.79 Å². The summed E-state index contributed by atoms with van der Waals surface area (Å²) in [5.74, 6) is 0.260. The van der Waals surface area contributed by atoms with Crippen molar-refractivity contribution in [1.82, 2.24) is 9.88 Å². The number of nitrogens with two attached hydrogens (primary N) is 1. The lowest BCUT2D eigenvalue weighted by Crippen LogP contribution is -2.36. The molecule has 0 bridgehead atoms. The molecule has 0 aliphatic carbocycles. The Morgan fingerprint density at radius 2 is 2.29 bits per heavy atom. The van der Waals surface area contributed by atoms with Crippen molar-refractivity contribution in [3.05, 3.63) is 17.5 Å². The zero-order valence-electron chi connectivity index (χ0n) is 12.4. The molecule has 1 aliphatic heterocycles. The lowest BCUT2D eigenvalue weighted by atomic mass is 10.3. The van der Waals surface area contributed by atoms with Crippen LogP contribution in [0.4, 0.5) is 10.9 Å². The number of hydrogen-bond donors (Lipinski definition) is 1. The molecule has 0 aromatic carbocycles. The first kappa shape index (κ1) is 15.8. The Kier molecular flexibility index (Phi) is 5.58. The molecule has 6 nitrogen and oxygen atoms in total. The highest BCUT2D eigenvalue weighted by Crippen LogP contribution is 2.29. The van der Waals surface area contributed by atoms with Gasteiger partial charge in [0.1, 0.15) is 10.7 Å². The number of carbonyl (C=O) groups excluding carboxylic acids is 1. The van der Waals surface area contributed by atoms with Gasteiger partial charge in [0.15, 0.2) is 5.13 Å². The van der Waals surface area contributed by atoms with Crippen molar-refractivity contribution in [3.8, 4) is 0 Å². The van der Waals surface area contributed by atoms with Crippen LogP contribution in [-0.4, -0.2) is 55.7 Å². The molecule has 1 fully saturated rings. The van der Waals surface area contributed by atoms with Crippen LogP contribution in [0.25, 0.3) is 0 Å². The molecule has 2 rings (SSSR count). The van der Waals surface area contributed by atoms with Crippen molar-refractivity contribution in [3.63, 3.8) is 0 Å². The lowest BCUT2D eigenvalue weighted by Gasteiger charge is -2.25. The number of thiazole rings is 1. The van der Waals surface area contributed by atoms with E-state index < -0.39 is 0 Å². The molecule has 2 heterocycles. The third kappa shape index (κ3) is 3.95. The van der Waals surface area contributed by atoms with E-state index in [1.165, 1.54) is 11.3 Å². The fraction of sp³-hybridized carbons (Fsp3) is 0.571. The number of aromatic nitrogens is 1. The second-order valence-corrected chi connectivity index (χ2v) is 5.95. The van der Waals surface area contributed by atoms with Gasteiger partial charge in [-0.15, -0.1) is 6.58 Å². The molecule has 1 aliphatic rings. The third-order valence-corrected chi connectivity index (χ3v) is 4.49. The molecule has 0 atom stereocenters. The van der Waals surface area contributed by atoms with E-state index in [0.29, 0.717) is 30.5 Å². The van der Waals surface area contributed by atoms with E-state index >= 15 is 0 Å². The SMILES string of the molecule is C=CCCCN(C)C(=O)c1sc(N2CCOCC2)nc1N. The minimum absolute atomic E-state index is 0.0615. The van der Waals surface area contributed by atoms with Crippen molar-refractivity contribution in [2.45, 2.75) is 12.8 Å². The smallest absolute Gasteiger partial charge is 0.267 e. The molecule has 21 heavy (non-hydrogen) atoms. The predicted octanol–water partition coefficient (Wildman–Crippen LogP) is 1.60. The molecule has 7 heteroatoms. The molecule has 1 aromatic heterocycles. The summed E-state index contributed by atoms with van der Waals surface area (Å²) >= 11 is 1.36. The number of amides is 1. The van der Waals surface area contributed by atoms with E-state index in [-0.39, 0.29) is 5.91 Å². The van der Waals surface area contributed by atoms with E-state index in [1.54, 1.807) is 11.9 Å². The molecule has 0 saturated carbocycles. The minimum atomic E-state index is -0.0615. The van der Waals surface area contributed by atoms with Gasteiger partial charge in [0.05, 0.1) is 13.2 Å². The Labute approximate surface area is 129 Å². The van der Waals surface area contributed by atoms with Crippen molar-refractivity contribution in [1.29, 1.82) is 0 Å². The fourth-order valence-corrected chi connectivity index (χ4v) is 3.14. The van der Waals surface area contributed by atoms with Crippen LogP contribution in [0.2, 0.25) is 0 Å². The normalized spacial score (nSPS) is 15.0. The summed E-state index contributed by atoms with van der Waals surface area (Å²) in [6.45, 7) is 7.32. The van der Waals surface area contributed by atoms with Gasteiger partial charge in [-0.2, -0.15) is 0 Å². The fourth-order valence-electron chi connectivity index (χ4n) is 2.11. The van der Waals surface area contributed by atoms with Gasteiger partial charge in [0.2, 0.25) is 0 Å². The summed E-state index contributed by atoms with van der Waals surface area (Å²) in [7, 11) is 1.79. The predicted molar refractivity (Wildman–Crippen MR) is 85.9 cm³/mol. The first-order valence-corrected chi connectivity index (χ1v) is 7.90. The van der Waals surface area contributed by atoms with E-state index in [4.69, 9.17) is 10.5 Å². The van der Waals surface area contributed by atoms with Crippen LogP contribution in [0.15, 0.2) is 12.7 Å². The maximum atomic E-state index is 12.4. The molecule has 116 valence electrons. The van der Waals surface area contributed by atoms with Crippen LogP contribution in [0, 0.1) is 0 Å². The summed E-state index contributed by atoms with van der Waals surface area (Å²) in [5.41, 5.74) is 5.92. The van der Waals surface area contributed by atoms with Gasteiger partial charge in [0.25, 0.3) is 5.91 Å². The highest BCUT2D eigenvalue weighted by atomic mass is 32.1. The van der Waals surface area contributed by atoms with Crippen LogP contribution in [-0.2, 0) is 4.74 Å². The molecule has 1 saturated heterocycles. The van der Waals surface area contributed by atoms with Crippen molar-refractivity contribution in [2.24, 2.45) is 0 Å². The molecule has 0 spiro atoms. The summed E-state index contributed by atoms with van der Waals surface area (Å²) in [4.78, 5) is 21.1. The van der Waals surface area contributed by atoms with Crippen LogP contribution in [0.5, 0.6) is 0 Å². The number of allylic oxidation sites excluding steroid dienone is 1. The van der Waals surface area contributed by atoms with Gasteiger partial charge < -0.3 is 20.3 Å².